The second-order valence-corrected chi connectivity index (χ2v) is 6.39. The van der Waals surface area contributed by atoms with Gasteiger partial charge in [-0.05, 0) is 25.1 Å². The third-order valence-corrected chi connectivity index (χ3v) is 4.42. The van der Waals surface area contributed by atoms with Crippen LogP contribution in [0.15, 0.2) is 35.9 Å². The highest BCUT2D eigenvalue weighted by molar-refractivity contribution is 8.00. The van der Waals surface area contributed by atoms with Gasteiger partial charge in [-0.15, -0.1) is 0 Å². The van der Waals surface area contributed by atoms with E-state index in [0.29, 0.717) is 21.9 Å². The van der Waals surface area contributed by atoms with E-state index in [4.69, 9.17) is 11.6 Å². The maximum atomic E-state index is 13.1. The number of aromatic nitrogens is 4. The Labute approximate surface area is 139 Å². The highest BCUT2D eigenvalue weighted by Crippen LogP contribution is 2.27. The molecule has 2 aromatic heterocycles. The van der Waals surface area contributed by atoms with Crippen LogP contribution in [0.25, 0.3) is 11.2 Å². The lowest BCUT2D eigenvalue weighted by molar-refractivity contribution is -0.115. The van der Waals surface area contributed by atoms with E-state index in [9.17, 15) is 9.18 Å². The summed E-state index contributed by atoms with van der Waals surface area (Å²) in [6.07, 6.45) is 2.92. The van der Waals surface area contributed by atoms with Crippen molar-refractivity contribution in [3.8, 4) is 0 Å². The minimum absolute atomic E-state index is 0.0434. The van der Waals surface area contributed by atoms with Crippen LogP contribution in [0.3, 0.4) is 0 Å². The Morgan fingerprint density at radius 2 is 2.22 bits per heavy atom. The normalized spacial score (nSPS) is 12.3. The Kier molecular flexibility index (Phi) is 4.44. The van der Waals surface area contributed by atoms with Gasteiger partial charge in [0.05, 0.1) is 16.6 Å². The summed E-state index contributed by atoms with van der Waals surface area (Å²) in [6, 6.07) is 4.02. The Balaban J connectivity index is 1.72. The van der Waals surface area contributed by atoms with E-state index in [2.05, 4.69) is 25.3 Å². The van der Waals surface area contributed by atoms with Crippen LogP contribution >= 0.6 is 23.4 Å². The average Bonchev–Trinajstić information content (AvgIpc) is 3.00. The van der Waals surface area contributed by atoms with Crippen molar-refractivity contribution in [1.82, 2.24) is 19.9 Å². The van der Waals surface area contributed by atoms with Crippen LogP contribution in [0.1, 0.15) is 6.92 Å². The number of rotatable bonds is 4. The zero-order chi connectivity index (χ0) is 16.4. The summed E-state index contributed by atoms with van der Waals surface area (Å²) in [5.74, 6) is -0.779. The van der Waals surface area contributed by atoms with E-state index in [1.165, 1.54) is 42.6 Å². The van der Waals surface area contributed by atoms with Crippen LogP contribution in [0.2, 0.25) is 5.02 Å². The molecule has 2 heterocycles. The Bertz CT molecular complexity index is 871. The van der Waals surface area contributed by atoms with Crippen LogP contribution < -0.4 is 5.32 Å². The monoisotopic (exact) mass is 351 g/mol. The lowest BCUT2D eigenvalue weighted by atomic mass is 10.3. The van der Waals surface area contributed by atoms with Crippen LogP contribution in [0.4, 0.5) is 10.1 Å². The molecule has 23 heavy (non-hydrogen) atoms. The summed E-state index contributed by atoms with van der Waals surface area (Å²) in [7, 11) is 0. The van der Waals surface area contributed by atoms with E-state index in [0.717, 1.165) is 0 Å². The van der Waals surface area contributed by atoms with Crippen LogP contribution in [-0.2, 0) is 4.79 Å². The molecule has 0 fully saturated rings. The van der Waals surface area contributed by atoms with Crippen molar-refractivity contribution >= 4 is 46.1 Å². The van der Waals surface area contributed by atoms with Crippen LogP contribution in [0.5, 0.6) is 0 Å². The second kappa shape index (κ2) is 6.51. The number of nitrogens with zero attached hydrogens (tertiary/aromatic N) is 3. The van der Waals surface area contributed by atoms with Crippen molar-refractivity contribution in [1.29, 1.82) is 0 Å². The highest BCUT2D eigenvalue weighted by Gasteiger charge is 2.18. The van der Waals surface area contributed by atoms with E-state index in [-0.39, 0.29) is 10.9 Å². The third-order valence-electron chi connectivity index (χ3n) is 3.03. The van der Waals surface area contributed by atoms with Gasteiger partial charge in [0.15, 0.2) is 5.65 Å². The molecule has 0 spiro atoms. The molecule has 1 atom stereocenters. The molecular formula is C14H11ClFN5OS. The second-order valence-electron chi connectivity index (χ2n) is 4.66. The van der Waals surface area contributed by atoms with E-state index in [1.54, 1.807) is 6.92 Å². The van der Waals surface area contributed by atoms with E-state index < -0.39 is 11.1 Å². The van der Waals surface area contributed by atoms with Gasteiger partial charge in [-0.1, -0.05) is 23.4 Å². The molecule has 1 amide bonds. The standard InChI is InChI=1S/C14H11ClFN5OS/c1-7(13(22)21-8-2-3-10(16)9(15)4-8)23-14-11-12(18-5-17-11)19-6-20-14/h2-7H,1H3,(H,21,22)(H,17,18,19,20)/t7-/m0/s1. The number of carbonyl (C=O) groups excluding carboxylic acids is 1. The molecular weight excluding hydrogens is 341 g/mol. The minimum Gasteiger partial charge on any atom is -0.341 e. The molecule has 118 valence electrons. The SMILES string of the molecule is C[C@H](Sc1ncnc2nc[nH]c12)C(=O)Nc1ccc(F)c(Cl)c1. The summed E-state index contributed by atoms with van der Waals surface area (Å²) in [5.41, 5.74) is 1.66. The van der Waals surface area contributed by atoms with Gasteiger partial charge in [-0.3, -0.25) is 4.79 Å². The van der Waals surface area contributed by atoms with Crippen LogP contribution in [-0.4, -0.2) is 31.1 Å². The van der Waals surface area contributed by atoms with Crippen molar-refractivity contribution in [3.05, 3.63) is 41.7 Å². The fraction of sp³-hybridized carbons (Fsp3) is 0.143. The first-order valence-corrected chi connectivity index (χ1v) is 7.87. The summed E-state index contributed by atoms with van der Waals surface area (Å²) >= 11 is 6.97. The molecule has 3 aromatic rings. The van der Waals surface area contributed by atoms with E-state index >= 15 is 0 Å². The Morgan fingerprint density at radius 3 is 3.00 bits per heavy atom. The Morgan fingerprint density at radius 1 is 1.39 bits per heavy atom. The van der Waals surface area contributed by atoms with Crippen molar-refractivity contribution in [2.45, 2.75) is 17.2 Å². The maximum absolute atomic E-state index is 13.1. The first-order valence-electron chi connectivity index (χ1n) is 6.61. The number of hydrogen-bond donors (Lipinski definition) is 2. The molecule has 2 N–H and O–H groups in total. The van der Waals surface area contributed by atoms with E-state index in [1.807, 2.05) is 0 Å². The van der Waals surface area contributed by atoms with Crippen molar-refractivity contribution in [3.63, 3.8) is 0 Å². The van der Waals surface area contributed by atoms with Gasteiger partial charge in [-0.2, -0.15) is 0 Å². The van der Waals surface area contributed by atoms with Gasteiger partial charge in [0.1, 0.15) is 22.7 Å². The molecule has 3 rings (SSSR count). The number of H-pyrrole nitrogens is 1. The number of fused-ring (bicyclic) bond motifs is 1. The molecule has 0 aliphatic carbocycles. The van der Waals surface area contributed by atoms with Crippen molar-refractivity contribution < 1.29 is 9.18 Å². The van der Waals surface area contributed by atoms with Crippen molar-refractivity contribution in [2.24, 2.45) is 0 Å². The number of halogens is 2. The summed E-state index contributed by atoms with van der Waals surface area (Å²) in [4.78, 5) is 27.4. The summed E-state index contributed by atoms with van der Waals surface area (Å²) < 4.78 is 13.1. The zero-order valence-corrected chi connectivity index (χ0v) is 13.5. The lowest BCUT2D eigenvalue weighted by Crippen LogP contribution is -2.22. The van der Waals surface area contributed by atoms with Gasteiger partial charge in [0.2, 0.25) is 5.91 Å². The smallest absolute Gasteiger partial charge is 0.237 e. The fourth-order valence-corrected chi connectivity index (χ4v) is 2.93. The molecule has 0 saturated heterocycles. The van der Waals surface area contributed by atoms with Gasteiger partial charge >= 0.3 is 0 Å². The number of imidazole rings is 1. The molecule has 0 bridgehead atoms. The number of thioether (sulfide) groups is 1. The lowest BCUT2D eigenvalue weighted by Gasteiger charge is -2.12. The van der Waals surface area contributed by atoms with Crippen molar-refractivity contribution in [2.75, 3.05) is 5.32 Å². The number of carbonyl (C=O) groups is 1. The van der Waals surface area contributed by atoms with Gasteiger partial charge in [-0.25, -0.2) is 19.3 Å². The Hall–Kier alpha value is -2.19. The highest BCUT2D eigenvalue weighted by atomic mass is 35.5. The molecule has 0 saturated carbocycles. The molecule has 0 radical (unpaired) electrons. The molecule has 9 heteroatoms. The average molecular weight is 352 g/mol. The summed E-state index contributed by atoms with van der Waals surface area (Å²) in [6.45, 7) is 1.75. The number of nitrogens with one attached hydrogen (secondary N) is 2. The zero-order valence-electron chi connectivity index (χ0n) is 11.9. The van der Waals surface area contributed by atoms with Gasteiger partial charge in [0, 0.05) is 5.69 Å². The molecule has 0 aliphatic rings. The molecule has 6 nitrogen and oxygen atoms in total. The first kappa shape index (κ1) is 15.7. The number of hydrogen-bond acceptors (Lipinski definition) is 5. The predicted molar refractivity (Wildman–Crippen MR) is 87.0 cm³/mol. The maximum Gasteiger partial charge on any atom is 0.237 e. The first-order chi connectivity index (χ1) is 11.0. The number of amides is 1. The van der Waals surface area contributed by atoms with Gasteiger partial charge < -0.3 is 10.3 Å². The minimum atomic E-state index is -0.533. The molecule has 1 aromatic carbocycles. The predicted octanol–water partition coefficient (Wildman–Crippen LogP) is 3.26. The number of anilines is 1. The fourth-order valence-electron chi connectivity index (χ4n) is 1.87. The number of benzene rings is 1. The van der Waals surface area contributed by atoms with Gasteiger partial charge in [0.25, 0.3) is 0 Å². The largest absolute Gasteiger partial charge is 0.341 e. The molecule has 0 unspecified atom stereocenters. The van der Waals surface area contributed by atoms with Crippen LogP contribution in [0, 0.1) is 5.82 Å². The third kappa shape index (κ3) is 3.43. The summed E-state index contributed by atoms with van der Waals surface area (Å²) in [5, 5.41) is 2.85. The topological polar surface area (TPSA) is 83.6 Å². The number of aromatic amines is 1. The molecule has 0 aliphatic heterocycles. The quantitative estimate of drug-likeness (QED) is 0.556.